The van der Waals surface area contributed by atoms with Crippen LogP contribution in [0.25, 0.3) is 0 Å². The molecule has 0 saturated carbocycles. The number of morpholine rings is 1. The van der Waals surface area contributed by atoms with E-state index < -0.39 is 23.5 Å². The third-order valence-electron chi connectivity index (χ3n) is 3.16. The number of hydrogen-bond acceptors (Lipinski definition) is 2. The highest BCUT2D eigenvalue weighted by Gasteiger charge is 2.36. The summed E-state index contributed by atoms with van der Waals surface area (Å²) >= 11 is 0. The van der Waals surface area contributed by atoms with E-state index in [1.165, 1.54) is 0 Å². The van der Waals surface area contributed by atoms with Crippen molar-refractivity contribution < 1.29 is 31.1 Å². The van der Waals surface area contributed by atoms with Gasteiger partial charge in [0.1, 0.15) is 0 Å². The standard InChI is InChI=1S/C13H13F6NO/c14-12(15,16)10-5-9(6-11(7-10)13(17,18)19)8-20-1-3-21-4-2-20/h5-7H,1-4,8H2. The van der Waals surface area contributed by atoms with E-state index in [1.807, 2.05) is 0 Å². The van der Waals surface area contributed by atoms with Gasteiger partial charge in [0.25, 0.3) is 0 Å². The Morgan fingerprint density at radius 2 is 1.33 bits per heavy atom. The van der Waals surface area contributed by atoms with E-state index in [9.17, 15) is 26.3 Å². The number of benzene rings is 1. The van der Waals surface area contributed by atoms with Gasteiger partial charge in [-0.2, -0.15) is 26.3 Å². The van der Waals surface area contributed by atoms with E-state index in [0.29, 0.717) is 26.3 Å². The summed E-state index contributed by atoms with van der Waals surface area (Å²) in [5, 5.41) is 0. The maximum atomic E-state index is 12.7. The maximum Gasteiger partial charge on any atom is 0.416 e. The van der Waals surface area contributed by atoms with Crippen molar-refractivity contribution >= 4 is 0 Å². The molecule has 0 aliphatic carbocycles. The molecule has 1 saturated heterocycles. The summed E-state index contributed by atoms with van der Waals surface area (Å²) < 4.78 is 81.4. The van der Waals surface area contributed by atoms with Gasteiger partial charge in [0.05, 0.1) is 24.3 Å². The number of rotatable bonds is 2. The van der Waals surface area contributed by atoms with Gasteiger partial charge >= 0.3 is 12.4 Å². The van der Waals surface area contributed by atoms with E-state index in [0.717, 1.165) is 12.1 Å². The van der Waals surface area contributed by atoms with Gasteiger partial charge in [0.2, 0.25) is 0 Å². The molecule has 0 aromatic heterocycles. The molecule has 1 heterocycles. The van der Waals surface area contributed by atoms with Crippen LogP contribution in [0.1, 0.15) is 16.7 Å². The molecule has 1 aromatic carbocycles. The molecule has 8 heteroatoms. The van der Waals surface area contributed by atoms with E-state index >= 15 is 0 Å². The first-order valence-corrected chi connectivity index (χ1v) is 6.25. The molecule has 2 nitrogen and oxygen atoms in total. The predicted molar refractivity (Wildman–Crippen MR) is 62.5 cm³/mol. The number of halogens is 6. The van der Waals surface area contributed by atoms with E-state index in [-0.39, 0.29) is 18.2 Å². The van der Waals surface area contributed by atoms with Crippen molar-refractivity contribution in [1.29, 1.82) is 0 Å². The second-order valence-corrected chi connectivity index (χ2v) is 4.80. The van der Waals surface area contributed by atoms with Crippen molar-refractivity contribution in [2.45, 2.75) is 18.9 Å². The molecule has 0 atom stereocenters. The molecule has 21 heavy (non-hydrogen) atoms. The average Bonchev–Trinajstić information content (AvgIpc) is 2.37. The molecule has 0 unspecified atom stereocenters. The molecular weight excluding hydrogens is 300 g/mol. The zero-order valence-corrected chi connectivity index (χ0v) is 10.9. The minimum atomic E-state index is -4.80. The smallest absolute Gasteiger partial charge is 0.379 e. The molecule has 1 aliphatic rings. The molecule has 118 valence electrons. The van der Waals surface area contributed by atoms with Crippen molar-refractivity contribution in [2.75, 3.05) is 26.3 Å². The van der Waals surface area contributed by atoms with Gasteiger partial charge in [0.15, 0.2) is 0 Å². The van der Waals surface area contributed by atoms with Gasteiger partial charge in [-0.05, 0) is 23.8 Å². The van der Waals surface area contributed by atoms with Gasteiger partial charge in [-0.15, -0.1) is 0 Å². The van der Waals surface area contributed by atoms with E-state index in [1.54, 1.807) is 4.90 Å². The van der Waals surface area contributed by atoms with Crippen LogP contribution in [0.4, 0.5) is 26.3 Å². The fraction of sp³-hybridized carbons (Fsp3) is 0.538. The zero-order chi connectivity index (χ0) is 15.7. The topological polar surface area (TPSA) is 12.5 Å². The summed E-state index contributed by atoms with van der Waals surface area (Å²) in [6.45, 7) is 1.85. The summed E-state index contributed by atoms with van der Waals surface area (Å²) in [7, 11) is 0. The molecule has 0 bridgehead atoms. The first-order chi connectivity index (χ1) is 9.66. The summed E-state index contributed by atoms with van der Waals surface area (Å²) in [6.07, 6.45) is -9.61. The maximum absolute atomic E-state index is 12.7. The molecule has 0 amide bonds. The van der Waals surface area contributed by atoms with Gasteiger partial charge in [-0.1, -0.05) is 0 Å². The molecular formula is C13H13F6NO. The lowest BCUT2D eigenvalue weighted by molar-refractivity contribution is -0.143. The molecule has 0 radical (unpaired) electrons. The predicted octanol–water partition coefficient (Wildman–Crippen LogP) is 3.56. The minimum Gasteiger partial charge on any atom is -0.379 e. The fourth-order valence-corrected chi connectivity index (χ4v) is 2.13. The normalized spacial score (nSPS) is 18.0. The van der Waals surface area contributed by atoms with Crippen LogP contribution in [0.5, 0.6) is 0 Å². The Hall–Kier alpha value is -1.28. The van der Waals surface area contributed by atoms with E-state index in [2.05, 4.69) is 0 Å². The summed E-state index contributed by atoms with van der Waals surface area (Å²) in [4.78, 5) is 1.76. The lowest BCUT2D eigenvalue weighted by Crippen LogP contribution is -2.35. The van der Waals surface area contributed by atoms with Crippen molar-refractivity contribution in [3.8, 4) is 0 Å². The fourth-order valence-electron chi connectivity index (χ4n) is 2.13. The highest BCUT2D eigenvalue weighted by molar-refractivity contribution is 5.33. The summed E-state index contributed by atoms with van der Waals surface area (Å²) in [6, 6.07) is 1.68. The zero-order valence-electron chi connectivity index (χ0n) is 10.9. The van der Waals surface area contributed by atoms with Crippen LogP contribution < -0.4 is 0 Å². The summed E-state index contributed by atoms with van der Waals surface area (Å²) in [5.74, 6) is 0. The van der Waals surface area contributed by atoms with Crippen molar-refractivity contribution in [3.63, 3.8) is 0 Å². The van der Waals surface area contributed by atoms with Crippen LogP contribution in [0.2, 0.25) is 0 Å². The van der Waals surface area contributed by atoms with Crippen molar-refractivity contribution in [2.24, 2.45) is 0 Å². The van der Waals surface area contributed by atoms with Crippen LogP contribution >= 0.6 is 0 Å². The highest BCUT2D eigenvalue weighted by Crippen LogP contribution is 2.36. The lowest BCUT2D eigenvalue weighted by Gasteiger charge is -2.27. The quantitative estimate of drug-likeness (QED) is 0.774. The first-order valence-electron chi connectivity index (χ1n) is 6.25. The van der Waals surface area contributed by atoms with Gasteiger partial charge in [0, 0.05) is 19.6 Å². The first kappa shape index (κ1) is 16.1. The monoisotopic (exact) mass is 313 g/mol. The van der Waals surface area contributed by atoms with E-state index in [4.69, 9.17) is 4.74 Å². The Morgan fingerprint density at radius 3 is 1.76 bits per heavy atom. The largest absolute Gasteiger partial charge is 0.416 e. The number of nitrogens with zero attached hydrogens (tertiary/aromatic N) is 1. The number of ether oxygens (including phenoxy) is 1. The lowest BCUT2D eigenvalue weighted by atomic mass is 10.0. The highest BCUT2D eigenvalue weighted by atomic mass is 19.4. The number of alkyl halides is 6. The Kier molecular flexibility index (Phi) is 4.48. The third-order valence-corrected chi connectivity index (χ3v) is 3.16. The Morgan fingerprint density at radius 1 is 0.857 bits per heavy atom. The molecule has 1 aromatic rings. The van der Waals surface area contributed by atoms with Gasteiger partial charge in [-0.25, -0.2) is 0 Å². The van der Waals surface area contributed by atoms with Crippen LogP contribution in [-0.2, 0) is 23.6 Å². The molecule has 0 spiro atoms. The van der Waals surface area contributed by atoms with Gasteiger partial charge in [-0.3, -0.25) is 4.90 Å². The average molecular weight is 313 g/mol. The Labute approximate surface area is 117 Å². The summed E-state index contributed by atoms with van der Waals surface area (Å²) in [5.41, 5.74) is -2.56. The minimum absolute atomic E-state index is 0.000880. The Balaban J connectivity index is 2.31. The second kappa shape index (κ2) is 5.84. The van der Waals surface area contributed by atoms with Crippen molar-refractivity contribution in [1.82, 2.24) is 4.90 Å². The van der Waals surface area contributed by atoms with Crippen LogP contribution in [-0.4, -0.2) is 31.2 Å². The molecule has 1 aliphatic heterocycles. The Bertz CT molecular complexity index is 458. The van der Waals surface area contributed by atoms with Crippen LogP contribution in [0.15, 0.2) is 18.2 Å². The van der Waals surface area contributed by atoms with Crippen LogP contribution in [0, 0.1) is 0 Å². The molecule has 2 rings (SSSR count). The van der Waals surface area contributed by atoms with Crippen molar-refractivity contribution in [3.05, 3.63) is 34.9 Å². The number of hydrogen-bond donors (Lipinski definition) is 0. The second-order valence-electron chi connectivity index (χ2n) is 4.80. The van der Waals surface area contributed by atoms with Gasteiger partial charge < -0.3 is 4.74 Å². The third kappa shape index (κ3) is 4.34. The molecule has 0 N–H and O–H groups in total. The van der Waals surface area contributed by atoms with Crippen LogP contribution in [0.3, 0.4) is 0 Å². The molecule has 1 fully saturated rings. The SMILES string of the molecule is FC(F)(F)c1cc(CN2CCOCC2)cc(C(F)(F)F)c1.